The second kappa shape index (κ2) is 5.28. The quantitative estimate of drug-likeness (QED) is 0.908. The molecule has 3 unspecified atom stereocenters. The Balaban J connectivity index is 1.71. The number of fused-ring (bicyclic) bond motifs is 3. The molecule has 0 amide bonds. The van der Waals surface area contributed by atoms with Crippen LogP contribution in [0.1, 0.15) is 25.0 Å². The van der Waals surface area contributed by atoms with Gasteiger partial charge in [0.2, 0.25) is 0 Å². The Morgan fingerprint density at radius 2 is 2.09 bits per heavy atom. The molecule has 2 heteroatoms. The molecular formula is C20H22NO+. The van der Waals surface area contributed by atoms with Gasteiger partial charge in [-0.05, 0) is 24.0 Å². The molecule has 3 aliphatic rings. The molecule has 2 aliphatic heterocycles. The fourth-order valence-corrected chi connectivity index (χ4v) is 3.70. The average Bonchev–Trinajstić information content (AvgIpc) is 3.14. The van der Waals surface area contributed by atoms with E-state index in [1.165, 1.54) is 16.7 Å². The molecule has 0 saturated carbocycles. The van der Waals surface area contributed by atoms with Gasteiger partial charge in [0.1, 0.15) is 11.9 Å². The summed E-state index contributed by atoms with van der Waals surface area (Å²) in [7, 11) is 0. The van der Waals surface area contributed by atoms with Crippen molar-refractivity contribution in [3.63, 3.8) is 0 Å². The Labute approximate surface area is 131 Å². The number of nitrogens with one attached hydrogen (secondary N) is 1. The van der Waals surface area contributed by atoms with E-state index in [-0.39, 0.29) is 6.10 Å². The molecule has 3 atom stereocenters. The zero-order valence-corrected chi connectivity index (χ0v) is 13.1. The number of para-hydroxylation sites is 1. The molecule has 1 aliphatic carbocycles. The van der Waals surface area contributed by atoms with Gasteiger partial charge in [-0.1, -0.05) is 50.3 Å². The smallest absolute Gasteiger partial charge is 0.179 e. The highest BCUT2D eigenvalue weighted by molar-refractivity contribution is 5.81. The van der Waals surface area contributed by atoms with E-state index in [0.717, 1.165) is 12.2 Å². The molecule has 22 heavy (non-hydrogen) atoms. The van der Waals surface area contributed by atoms with Crippen molar-refractivity contribution >= 4 is 11.8 Å². The molecular weight excluding hydrogens is 270 g/mol. The van der Waals surface area contributed by atoms with Crippen molar-refractivity contribution in [3.8, 4) is 5.75 Å². The maximum atomic E-state index is 6.46. The summed E-state index contributed by atoms with van der Waals surface area (Å²) in [6, 6.07) is 6.90. The fourth-order valence-electron chi connectivity index (χ4n) is 3.70. The first-order valence-electron chi connectivity index (χ1n) is 8.17. The van der Waals surface area contributed by atoms with E-state index in [1.54, 1.807) is 0 Å². The minimum atomic E-state index is 0.127. The second-order valence-corrected chi connectivity index (χ2v) is 6.76. The summed E-state index contributed by atoms with van der Waals surface area (Å²) >= 11 is 0. The van der Waals surface area contributed by atoms with Crippen molar-refractivity contribution in [2.75, 3.05) is 0 Å². The number of benzene rings is 1. The van der Waals surface area contributed by atoms with E-state index in [2.05, 4.69) is 67.4 Å². The van der Waals surface area contributed by atoms with Crippen LogP contribution in [-0.4, -0.2) is 18.4 Å². The molecule has 0 radical (unpaired) electrons. The average molecular weight is 292 g/mol. The van der Waals surface area contributed by atoms with E-state index in [0.29, 0.717) is 17.9 Å². The number of ether oxygens (including phenoxy) is 1. The molecule has 0 aromatic heterocycles. The lowest BCUT2D eigenvalue weighted by atomic mass is 9.84. The molecule has 0 fully saturated rings. The van der Waals surface area contributed by atoms with Crippen molar-refractivity contribution in [3.05, 3.63) is 59.7 Å². The third-order valence-corrected chi connectivity index (χ3v) is 4.66. The van der Waals surface area contributed by atoms with Gasteiger partial charge < -0.3 is 4.74 Å². The molecule has 112 valence electrons. The van der Waals surface area contributed by atoms with Crippen LogP contribution in [-0.2, 0) is 6.42 Å². The Hall–Kier alpha value is -2.09. The molecule has 1 aromatic rings. The van der Waals surface area contributed by atoms with Gasteiger partial charge in [-0.25, -0.2) is 4.99 Å². The van der Waals surface area contributed by atoms with Crippen LogP contribution >= 0.6 is 0 Å². The van der Waals surface area contributed by atoms with Gasteiger partial charge in [-0.3, -0.25) is 0 Å². The summed E-state index contributed by atoms with van der Waals surface area (Å²) in [5.41, 5.74) is 3.95. The van der Waals surface area contributed by atoms with Crippen molar-refractivity contribution in [2.24, 2.45) is 11.8 Å². The standard InChI is InChI=1S/C20H21NO/c1-13(2)12-14-6-3-7-15-16-8-4-9-17(18-10-5-11-21-18)20(16)22-19(14)15/h3-11,13,17-18,20H,12H2,1-2H3/p+1. The van der Waals surface area contributed by atoms with Crippen LogP contribution in [0.15, 0.2) is 48.6 Å². The van der Waals surface area contributed by atoms with Crippen LogP contribution in [0.3, 0.4) is 0 Å². The van der Waals surface area contributed by atoms with Crippen molar-refractivity contribution in [2.45, 2.75) is 32.4 Å². The summed E-state index contributed by atoms with van der Waals surface area (Å²) in [4.78, 5) is 3.42. The largest absolute Gasteiger partial charge is 0.484 e. The third-order valence-electron chi connectivity index (χ3n) is 4.66. The lowest BCUT2D eigenvalue weighted by Crippen LogP contribution is -2.76. The molecule has 1 aromatic carbocycles. The first-order chi connectivity index (χ1) is 10.7. The van der Waals surface area contributed by atoms with E-state index in [4.69, 9.17) is 4.74 Å². The topological polar surface area (TPSA) is 23.2 Å². The minimum absolute atomic E-state index is 0.127. The first-order valence-corrected chi connectivity index (χ1v) is 8.17. The van der Waals surface area contributed by atoms with E-state index in [1.807, 2.05) is 6.21 Å². The predicted molar refractivity (Wildman–Crippen MR) is 90.0 cm³/mol. The zero-order valence-electron chi connectivity index (χ0n) is 13.1. The number of allylic oxidation sites excluding steroid dienone is 3. The number of hydrogen-bond donors (Lipinski definition) is 1. The zero-order chi connectivity index (χ0) is 15.1. The van der Waals surface area contributed by atoms with Crippen molar-refractivity contribution in [1.29, 1.82) is 0 Å². The molecule has 0 bridgehead atoms. The highest BCUT2D eigenvalue weighted by Gasteiger charge is 2.41. The van der Waals surface area contributed by atoms with Crippen molar-refractivity contribution in [1.82, 2.24) is 0 Å². The summed E-state index contributed by atoms with van der Waals surface area (Å²) in [6.07, 6.45) is 14.2. The maximum Gasteiger partial charge on any atom is 0.179 e. The van der Waals surface area contributed by atoms with Crippen LogP contribution in [0.25, 0.3) is 5.57 Å². The molecule has 1 N–H and O–H groups in total. The number of hydrogen-bond acceptors (Lipinski definition) is 1. The minimum Gasteiger partial charge on any atom is -0.484 e. The van der Waals surface area contributed by atoms with Gasteiger partial charge in [0, 0.05) is 17.2 Å². The van der Waals surface area contributed by atoms with Crippen LogP contribution < -0.4 is 9.73 Å². The molecule has 4 rings (SSSR count). The van der Waals surface area contributed by atoms with E-state index >= 15 is 0 Å². The lowest BCUT2D eigenvalue weighted by Gasteiger charge is -2.24. The van der Waals surface area contributed by atoms with Gasteiger partial charge in [-0.15, -0.1) is 0 Å². The van der Waals surface area contributed by atoms with Crippen LogP contribution in [0.2, 0.25) is 0 Å². The Morgan fingerprint density at radius 3 is 2.86 bits per heavy atom. The van der Waals surface area contributed by atoms with Crippen LogP contribution in [0.4, 0.5) is 0 Å². The van der Waals surface area contributed by atoms with Crippen LogP contribution in [0.5, 0.6) is 5.75 Å². The van der Waals surface area contributed by atoms with Gasteiger partial charge in [0.15, 0.2) is 12.3 Å². The van der Waals surface area contributed by atoms with Gasteiger partial charge in [0.05, 0.1) is 5.92 Å². The molecule has 2 heterocycles. The van der Waals surface area contributed by atoms with E-state index in [9.17, 15) is 0 Å². The fraction of sp³-hybridized carbons (Fsp3) is 0.350. The van der Waals surface area contributed by atoms with E-state index < -0.39 is 0 Å². The van der Waals surface area contributed by atoms with Gasteiger partial charge in [-0.2, -0.15) is 0 Å². The normalized spacial score (nSPS) is 27.8. The molecule has 2 nitrogen and oxygen atoms in total. The first kappa shape index (κ1) is 13.6. The monoisotopic (exact) mass is 292 g/mol. The Kier molecular flexibility index (Phi) is 3.25. The van der Waals surface area contributed by atoms with Gasteiger partial charge >= 0.3 is 0 Å². The summed E-state index contributed by atoms with van der Waals surface area (Å²) in [5, 5.41) is 0. The number of rotatable bonds is 3. The Bertz CT molecular complexity index is 696. The highest BCUT2D eigenvalue weighted by atomic mass is 16.5. The lowest BCUT2D eigenvalue weighted by molar-refractivity contribution is -0.488. The second-order valence-electron chi connectivity index (χ2n) is 6.76. The predicted octanol–water partition coefficient (Wildman–Crippen LogP) is 2.31. The SMILES string of the molecule is CC(C)Cc1cccc2c1OC1C2=CC=CC1C1C=CC=[NH+]1. The summed E-state index contributed by atoms with van der Waals surface area (Å²) in [6.45, 7) is 4.52. The maximum absolute atomic E-state index is 6.46. The van der Waals surface area contributed by atoms with Crippen LogP contribution in [0, 0.1) is 11.8 Å². The highest BCUT2D eigenvalue weighted by Crippen LogP contribution is 2.45. The van der Waals surface area contributed by atoms with Crippen molar-refractivity contribution < 1.29 is 9.73 Å². The van der Waals surface area contributed by atoms with Gasteiger partial charge in [0.25, 0.3) is 0 Å². The summed E-state index contributed by atoms with van der Waals surface area (Å²) < 4.78 is 6.46. The molecule has 0 saturated heterocycles. The Morgan fingerprint density at radius 1 is 1.18 bits per heavy atom. The summed E-state index contributed by atoms with van der Waals surface area (Å²) in [5.74, 6) is 2.08. The third kappa shape index (κ3) is 2.14. The molecule has 0 spiro atoms.